The van der Waals surface area contributed by atoms with E-state index >= 15 is 0 Å². The van der Waals surface area contributed by atoms with Gasteiger partial charge in [0.2, 0.25) is 21.8 Å². The fourth-order valence-electron chi connectivity index (χ4n) is 5.49. The molecule has 8 nitrogen and oxygen atoms in total. The summed E-state index contributed by atoms with van der Waals surface area (Å²) in [6.07, 6.45) is 5.97. The van der Waals surface area contributed by atoms with E-state index in [1.165, 1.54) is 10.6 Å². The number of nitrogens with zero attached hydrogens (tertiary/aromatic N) is 2. The lowest BCUT2D eigenvalue weighted by Gasteiger charge is -2.33. The number of hydrogen-bond acceptors (Lipinski definition) is 5. The van der Waals surface area contributed by atoms with Gasteiger partial charge in [0.25, 0.3) is 0 Å². The van der Waals surface area contributed by atoms with Gasteiger partial charge in [0.1, 0.15) is 11.8 Å². The summed E-state index contributed by atoms with van der Waals surface area (Å²) in [5.41, 5.74) is 2.36. The molecule has 2 amide bonds. The molecule has 9 heteroatoms. The van der Waals surface area contributed by atoms with E-state index in [1.54, 1.807) is 36.3 Å². The molecule has 0 aliphatic heterocycles. The summed E-state index contributed by atoms with van der Waals surface area (Å²) in [6, 6.07) is 25.5. The largest absolute Gasteiger partial charge is 0.497 e. The number of nitrogens with one attached hydrogen (secondary N) is 1. The Morgan fingerprint density at radius 3 is 2.21 bits per heavy atom. The summed E-state index contributed by atoms with van der Waals surface area (Å²) in [6.45, 7) is 0.374. The maximum atomic E-state index is 14.0. The Kier molecular flexibility index (Phi) is 11.0. The molecule has 1 N–H and O–H groups in total. The Bertz CT molecular complexity index is 1410. The van der Waals surface area contributed by atoms with Crippen molar-refractivity contribution in [2.45, 2.75) is 63.6 Å². The maximum absolute atomic E-state index is 14.0. The highest BCUT2D eigenvalue weighted by Gasteiger charge is 2.32. The molecule has 1 atom stereocenters. The first-order chi connectivity index (χ1) is 20.2. The molecule has 3 aromatic carbocycles. The first kappa shape index (κ1) is 31.1. The lowest BCUT2D eigenvalue weighted by atomic mass is 10.0. The average molecular weight is 592 g/mol. The first-order valence-corrected chi connectivity index (χ1v) is 16.4. The van der Waals surface area contributed by atoms with Crippen molar-refractivity contribution in [2.75, 3.05) is 24.2 Å². The minimum atomic E-state index is -3.55. The van der Waals surface area contributed by atoms with Gasteiger partial charge in [-0.1, -0.05) is 73.5 Å². The molecule has 4 rings (SSSR count). The lowest BCUT2D eigenvalue weighted by Crippen LogP contribution is -2.52. The van der Waals surface area contributed by atoms with Crippen molar-refractivity contribution < 1.29 is 22.7 Å². The predicted octanol–water partition coefficient (Wildman–Crippen LogP) is 4.94. The molecule has 1 aliphatic carbocycles. The zero-order valence-electron chi connectivity index (χ0n) is 24.4. The molecular weight excluding hydrogens is 550 g/mol. The molecule has 0 spiro atoms. The molecule has 0 unspecified atom stereocenters. The highest BCUT2D eigenvalue weighted by Crippen LogP contribution is 2.23. The second-order valence-electron chi connectivity index (χ2n) is 10.8. The summed E-state index contributed by atoms with van der Waals surface area (Å²) in [5, 5.41) is 3.21. The molecule has 3 aromatic rings. The lowest BCUT2D eigenvalue weighted by molar-refractivity contribution is -0.141. The van der Waals surface area contributed by atoms with Crippen molar-refractivity contribution >= 4 is 27.5 Å². The molecule has 1 saturated carbocycles. The van der Waals surface area contributed by atoms with Gasteiger partial charge >= 0.3 is 0 Å². The van der Waals surface area contributed by atoms with Gasteiger partial charge in [-0.25, -0.2) is 8.42 Å². The Labute approximate surface area is 249 Å². The van der Waals surface area contributed by atoms with Crippen LogP contribution < -0.4 is 14.4 Å². The van der Waals surface area contributed by atoms with Crippen molar-refractivity contribution in [3.63, 3.8) is 0 Å². The molecule has 0 radical (unpaired) electrons. The molecule has 0 aromatic heterocycles. The monoisotopic (exact) mass is 591 g/mol. The van der Waals surface area contributed by atoms with Crippen molar-refractivity contribution in [1.29, 1.82) is 0 Å². The van der Waals surface area contributed by atoms with Gasteiger partial charge in [-0.15, -0.1) is 0 Å². The van der Waals surface area contributed by atoms with Gasteiger partial charge in [-0.3, -0.25) is 13.9 Å². The number of para-hydroxylation sites is 1. The Morgan fingerprint density at radius 1 is 0.929 bits per heavy atom. The van der Waals surface area contributed by atoms with E-state index in [0.29, 0.717) is 24.3 Å². The van der Waals surface area contributed by atoms with Crippen LogP contribution in [0.4, 0.5) is 5.69 Å². The first-order valence-electron chi connectivity index (χ1n) is 14.5. The Hall–Kier alpha value is -3.85. The van der Waals surface area contributed by atoms with Crippen LogP contribution in [0.1, 0.15) is 49.7 Å². The molecule has 0 bridgehead atoms. The van der Waals surface area contributed by atoms with Crippen LogP contribution >= 0.6 is 0 Å². The number of hydrogen-bond donors (Lipinski definition) is 1. The number of methoxy groups -OCH3 is 1. The van der Waals surface area contributed by atoms with Crippen LogP contribution in [0.2, 0.25) is 0 Å². The van der Waals surface area contributed by atoms with E-state index < -0.39 is 16.1 Å². The zero-order chi connectivity index (χ0) is 30.0. The van der Waals surface area contributed by atoms with Crippen LogP contribution in [-0.2, 0) is 32.6 Å². The summed E-state index contributed by atoms with van der Waals surface area (Å²) >= 11 is 0. The van der Waals surface area contributed by atoms with Crippen LogP contribution in [0.25, 0.3) is 0 Å². The van der Waals surface area contributed by atoms with Gasteiger partial charge in [-0.05, 0) is 54.7 Å². The van der Waals surface area contributed by atoms with Crippen molar-refractivity contribution in [3.05, 3.63) is 96.1 Å². The zero-order valence-corrected chi connectivity index (χ0v) is 25.3. The van der Waals surface area contributed by atoms with E-state index in [9.17, 15) is 18.0 Å². The third-order valence-corrected chi connectivity index (χ3v) is 8.85. The number of carbonyl (C=O) groups excluding carboxylic acids is 2. The van der Waals surface area contributed by atoms with Crippen molar-refractivity contribution in [2.24, 2.45) is 0 Å². The molecule has 42 heavy (non-hydrogen) atoms. The molecular formula is C33H41N3O5S. The van der Waals surface area contributed by atoms with Gasteiger partial charge in [-0.2, -0.15) is 0 Å². The number of benzene rings is 3. The van der Waals surface area contributed by atoms with Gasteiger partial charge in [0, 0.05) is 32.0 Å². The quantitative estimate of drug-likeness (QED) is 0.287. The van der Waals surface area contributed by atoms with E-state index in [0.717, 1.165) is 36.8 Å². The minimum absolute atomic E-state index is 0.0881. The molecule has 1 fully saturated rings. The highest BCUT2D eigenvalue weighted by molar-refractivity contribution is 7.92. The third kappa shape index (κ3) is 8.82. The number of anilines is 1. The van der Waals surface area contributed by atoms with Gasteiger partial charge in [0.15, 0.2) is 0 Å². The van der Waals surface area contributed by atoms with E-state index in [2.05, 4.69) is 5.32 Å². The summed E-state index contributed by atoms with van der Waals surface area (Å²) in [5.74, 6) is 0.299. The van der Waals surface area contributed by atoms with E-state index in [4.69, 9.17) is 4.74 Å². The Morgan fingerprint density at radius 2 is 1.57 bits per heavy atom. The fraction of sp³-hybridized carbons (Fsp3) is 0.394. The second-order valence-corrected chi connectivity index (χ2v) is 12.7. The van der Waals surface area contributed by atoms with Crippen LogP contribution in [0.3, 0.4) is 0 Å². The standard InChI is InChI=1S/C33H41N3O5S/c1-41-30-20-11-15-27(23-30)25-35(32(37)21-12-22-36(42(2,39)40)29-18-7-4-8-19-29)31(24-26-13-5-3-6-14-26)33(38)34-28-16-9-10-17-28/h3-8,11,13-15,18-20,23,28,31H,9-10,12,16-17,21-22,24-25H2,1-2H3,(H,34,38)/t31-/m0/s1. The van der Waals surface area contributed by atoms with Crippen LogP contribution in [0, 0.1) is 0 Å². The molecule has 0 saturated heterocycles. The molecule has 224 valence electrons. The average Bonchev–Trinajstić information content (AvgIpc) is 3.50. The summed E-state index contributed by atoms with van der Waals surface area (Å²) < 4.78 is 31.9. The van der Waals surface area contributed by atoms with E-state index in [1.807, 2.05) is 60.7 Å². The topological polar surface area (TPSA) is 96.0 Å². The molecule has 0 heterocycles. The van der Waals surface area contributed by atoms with Gasteiger partial charge < -0.3 is 15.0 Å². The number of amides is 2. The number of carbonyl (C=O) groups is 2. The fourth-order valence-corrected chi connectivity index (χ4v) is 6.45. The van der Waals surface area contributed by atoms with Crippen LogP contribution in [-0.4, -0.2) is 57.1 Å². The summed E-state index contributed by atoms with van der Waals surface area (Å²) in [7, 11) is -1.95. The maximum Gasteiger partial charge on any atom is 0.243 e. The normalized spacial score (nSPS) is 14.2. The highest BCUT2D eigenvalue weighted by atomic mass is 32.2. The second kappa shape index (κ2) is 14.9. The van der Waals surface area contributed by atoms with Crippen molar-refractivity contribution in [3.8, 4) is 5.75 Å². The number of sulfonamides is 1. The van der Waals surface area contributed by atoms with Crippen LogP contribution in [0.15, 0.2) is 84.9 Å². The predicted molar refractivity (Wildman–Crippen MR) is 166 cm³/mol. The molecule has 1 aliphatic rings. The van der Waals surface area contributed by atoms with Crippen molar-refractivity contribution in [1.82, 2.24) is 10.2 Å². The van der Waals surface area contributed by atoms with E-state index in [-0.39, 0.29) is 37.4 Å². The summed E-state index contributed by atoms with van der Waals surface area (Å²) in [4.78, 5) is 29.5. The minimum Gasteiger partial charge on any atom is -0.497 e. The van der Waals surface area contributed by atoms with Gasteiger partial charge in [0.05, 0.1) is 19.1 Å². The third-order valence-electron chi connectivity index (χ3n) is 7.66. The Balaban J connectivity index is 1.59. The number of rotatable bonds is 14. The van der Waals surface area contributed by atoms with Crippen LogP contribution in [0.5, 0.6) is 5.75 Å². The SMILES string of the molecule is COc1cccc(CN(C(=O)CCCN(c2ccccc2)S(C)(=O)=O)[C@@H](Cc2ccccc2)C(=O)NC2CCCC2)c1. The smallest absolute Gasteiger partial charge is 0.243 e. The number of ether oxygens (including phenoxy) is 1.